The number of carbonyl (C=O) groups excluding carboxylic acids is 4. The van der Waals surface area contributed by atoms with Crippen LogP contribution in [0.15, 0.2) is 30.5 Å². The standard InChI is InChI=1S/C24H32N6O7/c1-12(31)20(26)23(35)30-8-4-7-18(30)22(34)28-16(21(33)29-17(24(36)37)10-19(25)32)9-13-11-27-15-6-3-2-5-14(13)15/h2-3,5-6,11-12,16-18,20,27,31H,4,7-10,26H2,1H3,(H2,25,32)(H,28,34)(H,29,33)(H,36,37). The lowest BCUT2D eigenvalue weighted by Gasteiger charge is -2.29. The summed E-state index contributed by atoms with van der Waals surface area (Å²) >= 11 is 0. The minimum atomic E-state index is -1.58. The highest BCUT2D eigenvalue weighted by Crippen LogP contribution is 2.21. The van der Waals surface area contributed by atoms with Gasteiger partial charge in [0.25, 0.3) is 0 Å². The van der Waals surface area contributed by atoms with Crippen molar-refractivity contribution < 1.29 is 34.2 Å². The van der Waals surface area contributed by atoms with E-state index in [1.165, 1.54) is 11.8 Å². The predicted molar refractivity (Wildman–Crippen MR) is 132 cm³/mol. The zero-order valence-corrected chi connectivity index (χ0v) is 20.3. The molecule has 3 rings (SSSR count). The maximum atomic E-state index is 13.3. The van der Waals surface area contributed by atoms with Crippen LogP contribution < -0.4 is 22.1 Å². The van der Waals surface area contributed by atoms with Gasteiger partial charge < -0.3 is 42.2 Å². The number of carboxylic acids is 1. The summed E-state index contributed by atoms with van der Waals surface area (Å²) in [5.41, 5.74) is 12.4. The molecule has 13 heteroatoms. The molecule has 9 N–H and O–H groups in total. The van der Waals surface area contributed by atoms with Gasteiger partial charge in [0.2, 0.25) is 23.6 Å². The number of hydrogen-bond donors (Lipinski definition) is 7. The number of nitrogens with one attached hydrogen (secondary N) is 3. The summed E-state index contributed by atoms with van der Waals surface area (Å²) in [5, 5.41) is 24.8. The van der Waals surface area contributed by atoms with E-state index in [1.54, 1.807) is 6.20 Å². The number of aromatic nitrogens is 1. The number of para-hydroxylation sites is 1. The number of carboxylic acid groups (broad SMARTS) is 1. The molecule has 5 atom stereocenters. The lowest BCUT2D eigenvalue weighted by atomic mass is 10.0. The molecule has 0 radical (unpaired) electrons. The van der Waals surface area contributed by atoms with Crippen molar-refractivity contribution in [2.24, 2.45) is 11.5 Å². The molecule has 0 aliphatic carbocycles. The minimum Gasteiger partial charge on any atom is -0.480 e. The van der Waals surface area contributed by atoms with Crippen LogP contribution in [0.2, 0.25) is 0 Å². The van der Waals surface area contributed by atoms with Crippen molar-refractivity contribution in [2.45, 2.75) is 62.9 Å². The molecule has 0 saturated carbocycles. The lowest BCUT2D eigenvalue weighted by molar-refractivity contribution is -0.144. The number of aromatic amines is 1. The first-order valence-electron chi connectivity index (χ1n) is 11.9. The van der Waals surface area contributed by atoms with E-state index in [1.807, 2.05) is 24.3 Å². The highest BCUT2D eigenvalue weighted by molar-refractivity contribution is 5.96. The van der Waals surface area contributed by atoms with Crippen molar-refractivity contribution in [3.8, 4) is 0 Å². The third-order valence-electron chi connectivity index (χ3n) is 6.40. The Bertz CT molecular complexity index is 1180. The van der Waals surface area contributed by atoms with Crippen molar-refractivity contribution in [1.82, 2.24) is 20.5 Å². The summed E-state index contributed by atoms with van der Waals surface area (Å²) < 4.78 is 0. The topological polar surface area (TPSA) is 221 Å². The molecule has 1 aliphatic heterocycles. The molecule has 4 amide bonds. The lowest BCUT2D eigenvalue weighted by Crippen LogP contribution is -2.58. The Balaban J connectivity index is 1.84. The molecule has 1 aromatic heterocycles. The second kappa shape index (κ2) is 11.8. The Morgan fingerprint density at radius 1 is 1.16 bits per heavy atom. The molecule has 37 heavy (non-hydrogen) atoms. The molecule has 13 nitrogen and oxygen atoms in total. The molecule has 1 aliphatic rings. The van der Waals surface area contributed by atoms with Crippen molar-refractivity contribution in [2.75, 3.05) is 6.54 Å². The van der Waals surface area contributed by atoms with Gasteiger partial charge in [-0.1, -0.05) is 18.2 Å². The third-order valence-corrected chi connectivity index (χ3v) is 6.40. The summed E-state index contributed by atoms with van der Waals surface area (Å²) in [6, 6.07) is 2.38. The summed E-state index contributed by atoms with van der Waals surface area (Å²) in [6.45, 7) is 1.64. The molecule has 1 fully saturated rings. The monoisotopic (exact) mass is 516 g/mol. The van der Waals surface area contributed by atoms with E-state index in [2.05, 4.69) is 15.6 Å². The average molecular weight is 517 g/mol. The second-order valence-electron chi connectivity index (χ2n) is 9.15. The van der Waals surface area contributed by atoms with Crippen LogP contribution in [-0.2, 0) is 30.4 Å². The van der Waals surface area contributed by atoms with Gasteiger partial charge in [-0.05, 0) is 31.4 Å². The molecule has 5 unspecified atom stereocenters. The molecule has 2 heterocycles. The number of hydrogen-bond acceptors (Lipinski definition) is 7. The Morgan fingerprint density at radius 2 is 1.86 bits per heavy atom. The van der Waals surface area contributed by atoms with Crippen LogP contribution in [0.4, 0.5) is 0 Å². The van der Waals surface area contributed by atoms with Crippen molar-refractivity contribution in [1.29, 1.82) is 0 Å². The van der Waals surface area contributed by atoms with Gasteiger partial charge in [0.15, 0.2) is 0 Å². The number of aliphatic carboxylic acids is 1. The molecule has 2 aromatic rings. The number of carbonyl (C=O) groups is 5. The molecule has 200 valence electrons. The fourth-order valence-electron chi connectivity index (χ4n) is 4.37. The Hall–Kier alpha value is -3.97. The number of rotatable bonds is 11. The largest absolute Gasteiger partial charge is 0.480 e. The van der Waals surface area contributed by atoms with Crippen LogP contribution in [0.5, 0.6) is 0 Å². The number of nitrogens with two attached hydrogens (primary N) is 2. The number of likely N-dealkylation sites (tertiary alicyclic amines) is 1. The summed E-state index contributed by atoms with van der Waals surface area (Å²) in [7, 11) is 0. The summed E-state index contributed by atoms with van der Waals surface area (Å²) in [6.07, 6.45) is 0.785. The van der Waals surface area contributed by atoms with Gasteiger partial charge in [-0.15, -0.1) is 0 Å². The number of H-pyrrole nitrogens is 1. The van der Waals surface area contributed by atoms with Crippen LogP contribution >= 0.6 is 0 Å². The molecule has 1 saturated heterocycles. The molecule has 0 bridgehead atoms. The van der Waals surface area contributed by atoms with E-state index in [0.717, 1.165) is 10.9 Å². The van der Waals surface area contributed by atoms with E-state index in [9.17, 15) is 34.2 Å². The second-order valence-corrected chi connectivity index (χ2v) is 9.15. The van der Waals surface area contributed by atoms with Gasteiger partial charge in [0.1, 0.15) is 24.2 Å². The van der Waals surface area contributed by atoms with Crippen LogP contribution in [0.1, 0.15) is 31.7 Å². The Morgan fingerprint density at radius 3 is 2.51 bits per heavy atom. The summed E-state index contributed by atoms with van der Waals surface area (Å²) in [4.78, 5) is 66.4. The smallest absolute Gasteiger partial charge is 0.326 e. The highest BCUT2D eigenvalue weighted by Gasteiger charge is 2.39. The molecular formula is C24H32N6O7. The number of primary amides is 1. The van der Waals surface area contributed by atoms with E-state index in [4.69, 9.17) is 11.5 Å². The van der Waals surface area contributed by atoms with Gasteiger partial charge in [0.05, 0.1) is 12.5 Å². The van der Waals surface area contributed by atoms with Crippen molar-refractivity contribution in [3.05, 3.63) is 36.0 Å². The first-order chi connectivity index (χ1) is 17.5. The maximum absolute atomic E-state index is 13.3. The van der Waals surface area contributed by atoms with Crippen LogP contribution in [-0.4, -0.2) is 86.5 Å². The zero-order valence-electron chi connectivity index (χ0n) is 20.3. The van der Waals surface area contributed by atoms with E-state index in [-0.39, 0.29) is 13.0 Å². The fourth-order valence-corrected chi connectivity index (χ4v) is 4.37. The number of amides is 4. The normalized spacial score (nSPS) is 18.6. The fraction of sp³-hybridized carbons (Fsp3) is 0.458. The Kier molecular flexibility index (Phi) is 8.84. The van der Waals surface area contributed by atoms with E-state index >= 15 is 0 Å². The first kappa shape index (κ1) is 27.6. The van der Waals surface area contributed by atoms with Crippen LogP contribution in [0.3, 0.4) is 0 Å². The van der Waals surface area contributed by atoms with Crippen molar-refractivity contribution >= 4 is 40.5 Å². The molecular weight excluding hydrogens is 484 g/mol. The average Bonchev–Trinajstić information content (AvgIpc) is 3.49. The van der Waals surface area contributed by atoms with Gasteiger partial charge >= 0.3 is 5.97 Å². The Labute approximate surface area is 212 Å². The summed E-state index contributed by atoms with van der Waals surface area (Å²) in [5.74, 6) is -4.41. The van der Waals surface area contributed by atoms with Crippen LogP contribution in [0.25, 0.3) is 10.9 Å². The third kappa shape index (κ3) is 6.62. The minimum absolute atomic E-state index is 0.00164. The zero-order chi connectivity index (χ0) is 27.3. The van der Waals surface area contributed by atoms with E-state index < -0.39 is 66.3 Å². The van der Waals surface area contributed by atoms with Crippen molar-refractivity contribution in [3.63, 3.8) is 0 Å². The molecule has 1 aromatic carbocycles. The van der Waals surface area contributed by atoms with Gasteiger partial charge in [-0.3, -0.25) is 19.2 Å². The van der Waals surface area contributed by atoms with Gasteiger partial charge in [-0.25, -0.2) is 4.79 Å². The van der Waals surface area contributed by atoms with Gasteiger partial charge in [-0.2, -0.15) is 0 Å². The first-order valence-corrected chi connectivity index (χ1v) is 11.9. The predicted octanol–water partition coefficient (Wildman–Crippen LogP) is -1.66. The van der Waals surface area contributed by atoms with Crippen LogP contribution in [0, 0.1) is 0 Å². The quantitative estimate of drug-likeness (QED) is 0.183. The SMILES string of the molecule is CC(O)C(N)C(=O)N1CCCC1C(=O)NC(Cc1c[nH]c2ccccc12)C(=O)NC(CC(N)=O)C(=O)O. The number of nitrogens with zero attached hydrogens (tertiary/aromatic N) is 1. The number of benzene rings is 1. The number of aliphatic hydroxyl groups is 1. The maximum Gasteiger partial charge on any atom is 0.326 e. The highest BCUT2D eigenvalue weighted by atomic mass is 16.4. The van der Waals surface area contributed by atoms with E-state index in [0.29, 0.717) is 18.4 Å². The number of fused-ring (bicyclic) bond motifs is 1. The molecule has 0 spiro atoms. The number of aliphatic hydroxyl groups excluding tert-OH is 1. The van der Waals surface area contributed by atoms with Gasteiger partial charge in [0, 0.05) is 30.1 Å².